The van der Waals surface area contributed by atoms with E-state index in [1.807, 2.05) is 0 Å². The van der Waals surface area contributed by atoms with Gasteiger partial charge >= 0.3 is 5.97 Å². The number of ether oxygens (including phenoxy) is 2. The Morgan fingerprint density at radius 3 is 2.56 bits per heavy atom. The van der Waals surface area contributed by atoms with Crippen LogP contribution in [0.4, 0.5) is 0 Å². The molecule has 1 aromatic rings. The lowest BCUT2D eigenvalue weighted by Crippen LogP contribution is -2.34. The van der Waals surface area contributed by atoms with Gasteiger partial charge < -0.3 is 23.8 Å². The normalized spacial score (nSPS) is 18.3. The van der Waals surface area contributed by atoms with Gasteiger partial charge in [0, 0.05) is 57.2 Å². The van der Waals surface area contributed by atoms with E-state index in [-0.39, 0.29) is 35.3 Å². The molecule has 3 heterocycles. The lowest BCUT2D eigenvalue weighted by atomic mass is 9.97. The van der Waals surface area contributed by atoms with Crippen molar-refractivity contribution in [3.05, 3.63) is 39.3 Å². The Kier molecular flexibility index (Phi) is 7.70. The lowest BCUT2D eigenvalue weighted by Gasteiger charge is -2.21. The molecule has 2 amide bonds. The van der Waals surface area contributed by atoms with E-state index < -0.39 is 5.97 Å². The monoisotopic (exact) mass is 471 g/mol. The van der Waals surface area contributed by atoms with Crippen LogP contribution in [0.15, 0.2) is 22.5 Å². The van der Waals surface area contributed by atoms with Gasteiger partial charge in [-0.15, -0.1) is 0 Å². The molecule has 34 heavy (non-hydrogen) atoms. The smallest absolute Gasteiger partial charge is 0.343 e. The average molecular weight is 472 g/mol. The number of carbonyl (C=O) groups is 3. The van der Waals surface area contributed by atoms with Gasteiger partial charge in [0.05, 0.1) is 13.7 Å². The highest BCUT2D eigenvalue weighted by Gasteiger charge is 2.28. The van der Waals surface area contributed by atoms with E-state index in [0.717, 1.165) is 25.7 Å². The summed E-state index contributed by atoms with van der Waals surface area (Å²) in [5, 5.41) is 0. The molecule has 4 rings (SSSR count). The van der Waals surface area contributed by atoms with Crippen LogP contribution in [-0.2, 0) is 27.3 Å². The van der Waals surface area contributed by atoms with Crippen LogP contribution in [-0.4, -0.2) is 72.0 Å². The number of hydrogen-bond acceptors (Lipinski definition) is 6. The van der Waals surface area contributed by atoms with E-state index in [1.165, 1.54) is 25.2 Å². The Morgan fingerprint density at radius 2 is 1.85 bits per heavy atom. The number of amides is 2. The summed E-state index contributed by atoms with van der Waals surface area (Å²) in [6, 6.07) is 1.31. The van der Waals surface area contributed by atoms with Gasteiger partial charge in [-0.05, 0) is 32.1 Å². The summed E-state index contributed by atoms with van der Waals surface area (Å²) in [5.41, 5.74) is 1.66. The first-order valence-corrected chi connectivity index (χ1v) is 12.2. The van der Waals surface area contributed by atoms with Crippen LogP contribution in [0, 0.1) is 0 Å². The fourth-order valence-electron chi connectivity index (χ4n) is 5.01. The van der Waals surface area contributed by atoms with Gasteiger partial charge in [0.15, 0.2) is 0 Å². The molecular formula is C25H33N3O6. The Hall–Kier alpha value is -3.10. The second kappa shape index (κ2) is 10.9. The molecule has 0 spiro atoms. The summed E-state index contributed by atoms with van der Waals surface area (Å²) in [7, 11) is 1.29. The predicted octanol–water partition coefficient (Wildman–Crippen LogP) is 1.91. The molecule has 0 bridgehead atoms. The Labute approximate surface area is 199 Å². The number of pyridine rings is 1. The van der Waals surface area contributed by atoms with E-state index in [0.29, 0.717) is 57.7 Å². The van der Waals surface area contributed by atoms with Crippen LogP contribution >= 0.6 is 0 Å². The van der Waals surface area contributed by atoms with Crippen LogP contribution < -0.4 is 10.3 Å². The van der Waals surface area contributed by atoms with Crippen molar-refractivity contribution in [1.29, 1.82) is 0 Å². The summed E-state index contributed by atoms with van der Waals surface area (Å²) < 4.78 is 12.4. The zero-order valence-corrected chi connectivity index (χ0v) is 19.8. The van der Waals surface area contributed by atoms with Gasteiger partial charge in [0.1, 0.15) is 17.9 Å². The largest absolute Gasteiger partial charge is 0.491 e. The zero-order chi connectivity index (χ0) is 24.1. The molecule has 1 aromatic heterocycles. The molecule has 9 nitrogen and oxygen atoms in total. The highest BCUT2D eigenvalue weighted by Crippen LogP contribution is 2.25. The number of nitrogens with zero attached hydrogens (tertiary/aromatic N) is 3. The minimum Gasteiger partial charge on any atom is -0.491 e. The van der Waals surface area contributed by atoms with Gasteiger partial charge in [-0.3, -0.25) is 14.4 Å². The third-order valence-corrected chi connectivity index (χ3v) is 6.89. The van der Waals surface area contributed by atoms with E-state index in [1.54, 1.807) is 14.4 Å². The summed E-state index contributed by atoms with van der Waals surface area (Å²) in [4.78, 5) is 53.9. The Morgan fingerprint density at radius 1 is 1.00 bits per heavy atom. The van der Waals surface area contributed by atoms with Gasteiger partial charge in [-0.1, -0.05) is 11.6 Å². The molecule has 1 saturated heterocycles. The van der Waals surface area contributed by atoms with Crippen molar-refractivity contribution in [3.63, 3.8) is 0 Å². The number of methoxy groups -OCH3 is 1. The number of allylic oxidation sites excluding steroid dienone is 1. The minimum atomic E-state index is -0.580. The van der Waals surface area contributed by atoms with Crippen molar-refractivity contribution in [2.45, 2.75) is 57.9 Å². The van der Waals surface area contributed by atoms with Crippen molar-refractivity contribution >= 4 is 17.8 Å². The maximum absolute atomic E-state index is 12.9. The number of carbonyl (C=O) groups excluding carboxylic acids is 3. The molecule has 0 N–H and O–H groups in total. The third-order valence-electron chi connectivity index (χ3n) is 6.89. The summed E-state index contributed by atoms with van der Waals surface area (Å²) in [6.45, 7) is 2.41. The molecule has 1 aliphatic carbocycles. The molecule has 0 radical (unpaired) electrons. The van der Waals surface area contributed by atoms with E-state index in [9.17, 15) is 19.2 Å². The number of esters is 1. The van der Waals surface area contributed by atoms with Crippen LogP contribution in [0.3, 0.4) is 0 Å². The summed E-state index contributed by atoms with van der Waals surface area (Å²) in [6.07, 6.45) is 8.61. The SMILES string of the molecule is COC(=O)c1c(OCCN2CCCC2=O)cc(=O)n2c1CCN(C(=O)CC1=CCCCC1)CC2. The third kappa shape index (κ3) is 5.34. The van der Waals surface area contributed by atoms with Gasteiger partial charge in [0.25, 0.3) is 5.56 Å². The highest BCUT2D eigenvalue weighted by atomic mass is 16.5. The fourth-order valence-corrected chi connectivity index (χ4v) is 5.01. The van der Waals surface area contributed by atoms with Crippen molar-refractivity contribution in [2.24, 2.45) is 0 Å². The van der Waals surface area contributed by atoms with Crippen molar-refractivity contribution in [1.82, 2.24) is 14.4 Å². The van der Waals surface area contributed by atoms with Crippen molar-refractivity contribution in [3.8, 4) is 5.75 Å². The van der Waals surface area contributed by atoms with Gasteiger partial charge in [-0.25, -0.2) is 4.79 Å². The molecule has 0 atom stereocenters. The van der Waals surface area contributed by atoms with Gasteiger partial charge in [0.2, 0.25) is 11.8 Å². The first-order chi connectivity index (χ1) is 16.5. The zero-order valence-electron chi connectivity index (χ0n) is 19.8. The van der Waals surface area contributed by atoms with Crippen LogP contribution in [0.25, 0.3) is 0 Å². The number of hydrogen-bond donors (Lipinski definition) is 0. The van der Waals surface area contributed by atoms with E-state index >= 15 is 0 Å². The maximum atomic E-state index is 12.9. The van der Waals surface area contributed by atoms with Crippen LogP contribution in [0.2, 0.25) is 0 Å². The fraction of sp³-hybridized carbons (Fsp3) is 0.600. The standard InChI is InChI=1S/C25H33N3O6/c1-33-25(32)24-19-9-11-27(22(30)16-18-6-3-2-4-7-18)12-13-28(19)23(31)17-20(24)34-15-14-26-10-5-8-21(26)29/h6,17H,2-5,7-16H2,1H3. The first-order valence-electron chi connectivity index (χ1n) is 12.2. The van der Waals surface area contributed by atoms with Crippen molar-refractivity contribution in [2.75, 3.05) is 39.9 Å². The summed E-state index contributed by atoms with van der Waals surface area (Å²) in [5.74, 6) is -0.266. The number of fused-ring (bicyclic) bond motifs is 1. The van der Waals surface area contributed by atoms with Gasteiger partial charge in [-0.2, -0.15) is 0 Å². The number of rotatable bonds is 7. The predicted molar refractivity (Wildman–Crippen MR) is 125 cm³/mol. The first kappa shape index (κ1) is 24.0. The Balaban J connectivity index is 1.51. The number of likely N-dealkylation sites (tertiary alicyclic amines) is 1. The molecule has 0 unspecified atom stereocenters. The van der Waals surface area contributed by atoms with Crippen molar-refractivity contribution < 1.29 is 23.9 Å². The molecule has 0 aromatic carbocycles. The lowest BCUT2D eigenvalue weighted by molar-refractivity contribution is -0.130. The molecule has 1 fully saturated rings. The molecule has 184 valence electrons. The highest BCUT2D eigenvalue weighted by molar-refractivity contribution is 5.93. The average Bonchev–Trinajstić information content (AvgIpc) is 3.11. The Bertz CT molecular complexity index is 1040. The van der Waals surface area contributed by atoms with E-state index in [4.69, 9.17) is 9.47 Å². The topological polar surface area (TPSA) is 98.2 Å². The quantitative estimate of drug-likeness (QED) is 0.445. The summed E-state index contributed by atoms with van der Waals surface area (Å²) >= 11 is 0. The number of aromatic nitrogens is 1. The molecule has 2 aliphatic heterocycles. The maximum Gasteiger partial charge on any atom is 0.343 e. The van der Waals surface area contributed by atoms with E-state index in [2.05, 4.69) is 6.08 Å². The molecular weight excluding hydrogens is 438 g/mol. The van der Waals surface area contributed by atoms with Crippen LogP contribution in [0.1, 0.15) is 61.0 Å². The minimum absolute atomic E-state index is 0.0559. The molecule has 0 saturated carbocycles. The second-order valence-corrected chi connectivity index (χ2v) is 9.06. The second-order valence-electron chi connectivity index (χ2n) is 9.06. The van der Waals surface area contributed by atoms with Crippen LogP contribution in [0.5, 0.6) is 5.75 Å². The molecule has 9 heteroatoms. The molecule has 3 aliphatic rings.